The van der Waals surface area contributed by atoms with E-state index in [0.717, 1.165) is 40.5 Å². The highest BCUT2D eigenvalue weighted by Crippen LogP contribution is 2.32. The second kappa shape index (κ2) is 6.62. The Kier molecular flexibility index (Phi) is 4.59. The molecule has 0 radical (unpaired) electrons. The monoisotopic (exact) mass is 320 g/mol. The van der Waals surface area contributed by atoms with Gasteiger partial charge in [-0.3, -0.25) is 9.69 Å². The average molecular weight is 320 g/mol. The number of nitrogens with zero attached hydrogens (tertiary/aromatic N) is 2. The van der Waals surface area contributed by atoms with Crippen LogP contribution in [0.4, 0.5) is 5.13 Å². The first kappa shape index (κ1) is 15.2. The number of methoxy groups -OCH3 is 1. The summed E-state index contributed by atoms with van der Waals surface area (Å²) in [6.07, 6.45) is 2.66. The van der Waals surface area contributed by atoms with Crippen molar-refractivity contribution in [2.24, 2.45) is 0 Å². The predicted molar refractivity (Wildman–Crippen MR) is 87.8 cm³/mol. The van der Waals surface area contributed by atoms with E-state index in [-0.39, 0.29) is 12.0 Å². The number of rotatable bonds is 5. The number of ether oxygens (including phenoxy) is 2. The molecule has 5 nitrogen and oxygen atoms in total. The van der Waals surface area contributed by atoms with Crippen LogP contribution in [0, 0.1) is 0 Å². The van der Waals surface area contributed by atoms with Crippen LogP contribution in [0.15, 0.2) is 18.2 Å². The molecule has 1 saturated heterocycles. The van der Waals surface area contributed by atoms with Crippen molar-refractivity contribution in [1.82, 2.24) is 4.98 Å². The van der Waals surface area contributed by atoms with Gasteiger partial charge in [-0.05, 0) is 25.0 Å². The van der Waals surface area contributed by atoms with Crippen LogP contribution in [0.5, 0.6) is 5.75 Å². The van der Waals surface area contributed by atoms with Crippen molar-refractivity contribution in [1.29, 1.82) is 0 Å². The first-order valence-corrected chi connectivity index (χ1v) is 8.39. The maximum Gasteiger partial charge on any atom is 0.228 e. The van der Waals surface area contributed by atoms with Crippen LogP contribution in [-0.4, -0.2) is 37.3 Å². The molecule has 1 aliphatic heterocycles. The first-order chi connectivity index (χ1) is 10.7. The molecule has 1 amide bonds. The van der Waals surface area contributed by atoms with E-state index < -0.39 is 0 Å². The Bertz CT molecular complexity index is 664. The number of thiazole rings is 1. The molecule has 0 bridgehead atoms. The van der Waals surface area contributed by atoms with Gasteiger partial charge in [0.05, 0.1) is 30.0 Å². The van der Waals surface area contributed by atoms with Gasteiger partial charge in [-0.1, -0.05) is 18.3 Å². The minimum absolute atomic E-state index is 0.0847. The Hall–Kier alpha value is -1.66. The van der Waals surface area contributed by atoms with Crippen LogP contribution >= 0.6 is 11.3 Å². The Morgan fingerprint density at radius 2 is 2.41 bits per heavy atom. The van der Waals surface area contributed by atoms with Gasteiger partial charge in [-0.25, -0.2) is 4.98 Å². The Balaban J connectivity index is 1.90. The van der Waals surface area contributed by atoms with Crippen molar-refractivity contribution >= 4 is 32.6 Å². The lowest BCUT2D eigenvalue weighted by Gasteiger charge is -2.22. The van der Waals surface area contributed by atoms with Crippen LogP contribution in [0.3, 0.4) is 0 Å². The third-order valence-corrected chi connectivity index (χ3v) is 4.89. The molecule has 1 fully saturated rings. The number of anilines is 1. The minimum Gasteiger partial charge on any atom is -0.497 e. The molecule has 22 heavy (non-hydrogen) atoms. The SMILES string of the molecule is CCC(=O)N(C[C@H]1CCCO1)c1nc2cc(OC)ccc2s1. The van der Waals surface area contributed by atoms with Gasteiger partial charge in [0.2, 0.25) is 5.91 Å². The number of benzene rings is 1. The van der Waals surface area contributed by atoms with Gasteiger partial charge in [0.25, 0.3) is 0 Å². The van der Waals surface area contributed by atoms with Crippen molar-refractivity contribution in [2.75, 3.05) is 25.2 Å². The number of aromatic nitrogens is 1. The van der Waals surface area contributed by atoms with E-state index in [0.29, 0.717) is 13.0 Å². The molecule has 0 unspecified atom stereocenters. The molecule has 2 heterocycles. The third-order valence-electron chi connectivity index (χ3n) is 3.83. The molecule has 6 heteroatoms. The minimum atomic E-state index is 0.0847. The molecule has 2 aromatic rings. The second-order valence-corrected chi connectivity index (χ2v) is 6.33. The van der Waals surface area contributed by atoms with Crippen molar-refractivity contribution in [3.8, 4) is 5.75 Å². The maximum absolute atomic E-state index is 12.3. The largest absolute Gasteiger partial charge is 0.497 e. The van der Waals surface area contributed by atoms with Crippen LogP contribution in [-0.2, 0) is 9.53 Å². The zero-order valence-electron chi connectivity index (χ0n) is 12.9. The Morgan fingerprint density at radius 1 is 1.55 bits per heavy atom. The van der Waals surface area contributed by atoms with Crippen LogP contribution in [0.1, 0.15) is 26.2 Å². The van der Waals surface area contributed by atoms with Crippen LogP contribution < -0.4 is 9.64 Å². The fourth-order valence-electron chi connectivity index (χ4n) is 2.61. The molecule has 1 atom stereocenters. The number of amides is 1. The summed E-state index contributed by atoms with van der Waals surface area (Å²) in [6, 6.07) is 5.79. The molecule has 118 valence electrons. The van der Waals surface area contributed by atoms with Crippen molar-refractivity contribution in [3.05, 3.63) is 18.2 Å². The van der Waals surface area contributed by atoms with E-state index in [1.54, 1.807) is 12.0 Å². The Morgan fingerprint density at radius 3 is 3.09 bits per heavy atom. The first-order valence-electron chi connectivity index (χ1n) is 7.57. The zero-order valence-corrected chi connectivity index (χ0v) is 13.7. The predicted octanol–water partition coefficient (Wildman–Crippen LogP) is 3.23. The molecule has 1 aromatic heterocycles. The number of fused-ring (bicyclic) bond motifs is 1. The summed E-state index contributed by atoms with van der Waals surface area (Å²) in [4.78, 5) is 18.7. The molecule has 0 saturated carbocycles. The Labute approximate surface area is 133 Å². The summed E-state index contributed by atoms with van der Waals surface area (Å²) >= 11 is 1.53. The molecular weight excluding hydrogens is 300 g/mol. The summed E-state index contributed by atoms with van der Waals surface area (Å²) in [5, 5.41) is 0.741. The summed E-state index contributed by atoms with van der Waals surface area (Å²) in [5.74, 6) is 0.860. The third kappa shape index (κ3) is 3.08. The molecule has 0 aliphatic carbocycles. The molecule has 1 aromatic carbocycles. The smallest absolute Gasteiger partial charge is 0.228 e. The molecule has 0 spiro atoms. The lowest BCUT2D eigenvalue weighted by atomic mass is 10.2. The van der Waals surface area contributed by atoms with Gasteiger partial charge in [0, 0.05) is 19.1 Å². The number of carbonyl (C=O) groups excluding carboxylic acids is 1. The van der Waals surface area contributed by atoms with E-state index >= 15 is 0 Å². The van der Waals surface area contributed by atoms with Crippen molar-refractivity contribution in [3.63, 3.8) is 0 Å². The van der Waals surface area contributed by atoms with Crippen molar-refractivity contribution < 1.29 is 14.3 Å². The van der Waals surface area contributed by atoms with Gasteiger partial charge in [0.1, 0.15) is 5.75 Å². The highest BCUT2D eigenvalue weighted by Gasteiger charge is 2.25. The quantitative estimate of drug-likeness (QED) is 0.849. The lowest BCUT2D eigenvalue weighted by molar-refractivity contribution is -0.118. The van der Waals surface area contributed by atoms with Gasteiger partial charge in [-0.15, -0.1) is 0 Å². The average Bonchev–Trinajstić information content (AvgIpc) is 3.19. The van der Waals surface area contributed by atoms with Crippen LogP contribution in [0.25, 0.3) is 10.2 Å². The number of hydrogen-bond donors (Lipinski definition) is 0. The van der Waals surface area contributed by atoms with Gasteiger partial charge < -0.3 is 9.47 Å². The van der Waals surface area contributed by atoms with Gasteiger partial charge in [0.15, 0.2) is 5.13 Å². The van der Waals surface area contributed by atoms with Crippen LogP contribution in [0.2, 0.25) is 0 Å². The summed E-state index contributed by atoms with van der Waals surface area (Å²) in [7, 11) is 1.64. The normalized spacial score (nSPS) is 17.8. The molecule has 1 aliphatic rings. The standard InChI is InChI=1S/C16H20N2O3S/c1-3-15(19)18(10-12-5-4-8-21-12)16-17-13-9-11(20-2)6-7-14(13)22-16/h6-7,9,12H,3-5,8,10H2,1-2H3/t12-/m1/s1. The molecule has 0 N–H and O–H groups in total. The number of carbonyl (C=O) groups is 1. The van der Waals surface area contributed by atoms with E-state index in [2.05, 4.69) is 4.98 Å². The molecular formula is C16H20N2O3S. The number of hydrogen-bond acceptors (Lipinski definition) is 5. The zero-order chi connectivity index (χ0) is 15.5. The van der Waals surface area contributed by atoms with E-state index in [9.17, 15) is 4.79 Å². The highest BCUT2D eigenvalue weighted by molar-refractivity contribution is 7.22. The van der Waals surface area contributed by atoms with Gasteiger partial charge >= 0.3 is 0 Å². The lowest BCUT2D eigenvalue weighted by Crippen LogP contribution is -2.37. The van der Waals surface area contributed by atoms with Crippen molar-refractivity contribution in [2.45, 2.75) is 32.3 Å². The summed E-state index contributed by atoms with van der Waals surface area (Å²) in [5.41, 5.74) is 0.862. The van der Waals surface area contributed by atoms with E-state index in [1.165, 1.54) is 11.3 Å². The molecule has 3 rings (SSSR count). The fourth-order valence-corrected chi connectivity index (χ4v) is 3.58. The van der Waals surface area contributed by atoms with E-state index in [4.69, 9.17) is 9.47 Å². The summed E-state index contributed by atoms with van der Waals surface area (Å²) < 4.78 is 12.0. The maximum atomic E-state index is 12.3. The van der Waals surface area contributed by atoms with E-state index in [1.807, 2.05) is 25.1 Å². The summed E-state index contributed by atoms with van der Waals surface area (Å²) in [6.45, 7) is 3.25. The second-order valence-electron chi connectivity index (χ2n) is 5.32. The fraction of sp³-hybridized carbons (Fsp3) is 0.500. The highest BCUT2D eigenvalue weighted by atomic mass is 32.1. The topological polar surface area (TPSA) is 51.7 Å². The van der Waals surface area contributed by atoms with Gasteiger partial charge in [-0.2, -0.15) is 0 Å².